The summed E-state index contributed by atoms with van der Waals surface area (Å²) in [5, 5.41) is 2.49. The van der Waals surface area contributed by atoms with E-state index in [1.165, 1.54) is 21.0 Å². The van der Waals surface area contributed by atoms with E-state index in [9.17, 15) is 24.0 Å². The number of nitrogens with one attached hydrogen (secondary N) is 2. The number of anilines is 1. The molecule has 2 rings (SSSR count). The number of carbonyl (C=O) groups is 5. The van der Waals surface area contributed by atoms with Crippen LogP contribution in [0.3, 0.4) is 0 Å². The zero-order valence-electron chi connectivity index (χ0n) is 18.9. The molecule has 0 aromatic carbocycles. The van der Waals surface area contributed by atoms with Crippen LogP contribution in [0.1, 0.15) is 64.6 Å². The zero-order chi connectivity index (χ0) is 24.9. The number of aryl methyl sites for hydroxylation is 1. The van der Waals surface area contributed by atoms with Crippen molar-refractivity contribution in [3.05, 3.63) is 38.5 Å². The lowest BCUT2D eigenvalue weighted by Crippen LogP contribution is -2.22. The molecule has 178 valence electrons. The first-order chi connectivity index (χ1) is 15.5. The third kappa shape index (κ3) is 5.84. The Bertz CT molecular complexity index is 1120. The molecule has 2 aromatic rings. The maximum atomic E-state index is 12.5. The van der Waals surface area contributed by atoms with Crippen molar-refractivity contribution < 1.29 is 38.2 Å². The second kappa shape index (κ2) is 10.9. The zero-order valence-corrected chi connectivity index (χ0v) is 19.7. The molecule has 0 atom stereocenters. The van der Waals surface area contributed by atoms with Crippen molar-refractivity contribution in [1.82, 2.24) is 4.98 Å². The Balaban J connectivity index is 2.15. The Morgan fingerprint density at radius 2 is 1.64 bits per heavy atom. The summed E-state index contributed by atoms with van der Waals surface area (Å²) in [6, 6.07) is 0. The molecule has 0 radical (unpaired) electrons. The van der Waals surface area contributed by atoms with Crippen LogP contribution in [0.4, 0.5) is 5.00 Å². The molecule has 2 aromatic heterocycles. The Labute approximate surface area is 193 Å². The van der Waals surface area contributed by atoms with Gasteiger partial charge in [-0.1, -0.05) is 0 Å². The fourth-order valence-electron chi connectivity index (χ4n) is 3.22. The SMILES string of the molecule is COCCOC(=O)c1c(NC(=O)COC(=O)c2[nH]c(C)c(C(C)=O)c2C)sc(C(N)=O)c1C. The Morgan fingerprint density at radius 3 is 2.18 bits per heavy atom. The third-order valence-electron chi connectivity index (χ3n) is 4.68. The van der Waals surface area contributed by atoms with E-state index in [1.807, 2.05) is 0 Å². The molecule has 12 heteroatoms. The molecule has 0 saturated carbocycles. The summed E-state index contributed by atoms with van der Waals surface area (Å²) in [5.74, 6) is -3.32. The summed E-state index contributed by atoms with van der Waals surface area (Å²) in [6.45, 7) is 5.59. The number of hydrogen-bond donors (Lipinski definition) is 3. The highest BCUT2D eigenvalue weighted by atomic mass is 32.1. The average Bonchev–Trinajstić information content (AvgIpc) is 3.21. The summed E-state index contributed by atoms with van der Waals surface area (Å²) in [5.41, 5.74) is 6.98. The van der Waals surface area contributed by atoms with Gasteiger partial charge in [-0.3, -0.25) is 14.4 Å². The van der Waals surface area contributed by atoms with Gasteiger partial charge in [-0.2, -0.15) is 0 Å². The van der Waals surface area contributed by atoms with Crippen LogP contribution in [0.25, 0.3) is 0 Å². The number of ether oxygens (including phenoxy) is 3. The van der Waals surface area contributed by atoms with E-state index < -0.39 is 30.4 Å². The van der Waals surface area contributed by atoms with Crippen LogP contribution in [0.2, 0.25) is 0 Å². The molecule has 0 aliphatic carbocycles. The lowest BCUT2D eigenvalue weighted by Gasteiger charge is -2.08. The number of ketones is 1. The van der Waals surface area contributed by atoms with Gasteiger partial charge < -0.3 is 30.2 Å². The molecule has 33 heavy (non-hydrogen) atoms. The fourth-order valence-corrected chi connectivity index (χ4v) is 4.28. The van der Waals surface area contributed by atoms with E-state index in [-0.39, 0.29) is 45.7 Å². The lowest BCUT2D eigenvalue weighted by molar-refractivity contribution is -0.119. The standard InChI is InChI=1S/C21H25N3O8S/c1-9-14(12(4)25)11(3)23-16(9)21(29)32-8-13(26)24-19-15(20(28)31-7-6-30-5)10(2)17(33-19)18(22)27/h23H,6-8H2,1-5H3,(H2,22,27)(H,24,26). The molecule has 0 unspecified atom stereocenters. The summed E-state index contributed by atoms with van der Waals surface area (Å²) in [4.78, 5) is 63.5. The van der Waals surface area contributed by atoms with Gasteiger partial charge in [-0.15, -0.1) is 11.3 Å². The third-order valence-corrected chi connectivity index (χ3v) is 5.90. The van der Waals surface area contributed by atoms with Crippen molar-refractivity contribution >= 4 is 45.9 Å². The largest absolute Gasteiger partial charge is 0.460 e. The minimum Gasteiger partial charge on any atom is -0.460 e. The Morgan fingerprint density at radius 1 is 0.970 bits per heavy atom. The predicted octanol–water partition coefficient (Wildman–Crippen LogP) is 1.90. The second-order valence-corrected chi connectivity index (χ2v) is 8.08. The van der Waals surface area contributed by atoms with Gasteiger partial charge in [0.2, 0.25) is 0 Å². The number of Topliss-reactive ketones (excluding diaryl/α,β-unsaturated/α-hetero) is 1. The van der Waals surface area contributed by atoms with Crippen LogP contribution in [0.15, 0.2) is 0 Å². The fraction of sp³-hybridized carbons (Fsp3) is 0.381. The normalized spacial score (nSPS) is 10.6. The van der Waals surface area contributed by atoms with Gasteiger partial charge in [-0.25, -0.2) is 9.59 Å². The minimum absolute atomic E-state index is 0.0217. The number of hydrogen-bond acceptors (Lipinski definition) is 9. The number of aromatic amines is 1. The second-order valence-electron chi connectivity index (χ2n) is 7.06. The monoisotopic (exact) mass is 479 g/mol. The van der Waals surface area contributed by atoms with Crippen molar-refractivity contribution in [3.63, 3.8) is 0 Å². The minimum atomic E-state index is -0.822. The topological polar surface area (TPSA) is 167 Å². The quantitative estimate of drug-likeness (QED) is 0.264. The summed E-state index contributed by atoms with van der Waals surface area (Å²) in [7, 11) is 1.44. The van der Waals surface area contributed by atoms with Gasteiger partial charge in [-0.05, 0) is 38.8 Å². The van der Waals surface area contributed by atoms with Crippen LogP contribution in [-0.2, 0) is 19.0 Å². The van der Waals surface area contributed by atoms with Gasteiger partial charge in [0.15, 0.2) is 12.4 Å². The smallest absolute Gasteiger partial charge is 0.355 e. The first kappa shape index (κ1) is 25.7. The Hall–Kier alpha value is -3.51. The molecule has 11 nitrogen and oxygen atoms in total. The Kier molecular flexibility index (Phi) is 8.49. The molecule has 0 saturated heterocycles. The summed E-state index contributed by atoms with van der Waals surface area (Å²) in [6.07, 6.45) is 0. The van der Waals surface area contributed by atoms with Crippen LogP contribution >= 0.6 is 11.3 Å². The summed E-state index contributed by atoms with van der Waals surface area (Å²) >= 11 is 0.809. The van der Waals surface area contributed by atoms with Crippen LogP contribution < -0.4 is 11.1 Å². The van der Waals surface area contributed by atoms with E-state index in [0.29, 0.717) is 16.8 Å². The van der Waals surface area contributed by atoms with Gasteiger partial charge in [0.05, 0.1) is 17.0 Å². The molecule has 0 fully saturated rings. The van der Waals surface area contributed by atoms with Crippen molar-refractivity contribution in [2.75, 3.05) is 32.2 Å². The first-order valence-electron chi connectivity index (χ1n) is 9.75. The van der Waals surface area contributed by atoms with Gasteiger partial charge in [0, 0.05) is 18.4 Å². The van der Waals surface area contributed by atoms with E-state index in [2.05, 4.69) is 10.3 Å². The molecule has 0 aliphatic heterocycles. The molecule has 0 spiro atoms. The van der Waals surface area contributed by atoms with Gasteiger partial charge in [0.1, 0.15) is 17.3 Å². The van der Waals surface area contributed by atoms with Crippen molar-refractivity contribution in [2.24, 2.45) is 5.73 Å². The summed E-state index contributed by atoms with van der Waals surface area (Å²) < 4.78 is 15.0. The number of aromatic nitrogens is 1. The van der Waals surface area contributed by atoms with Crippen LogP contribution in [-0.4, -0.2) is 61.5 Å². The molecular formula is C21H25N3O8S. The highest BCUT2D eigenvalue weighted by molar-refractivity contribution is 7.18. The van der Waals surface area contributed by atoms with Crippen molar-refractivity contribution in [2.45, 2.75) is 27.7 Å². The van der Waals surface area contributed by atoms with Crippen LogP contribution in [0, 0.1) is 20.8 Å². The number of esters is 2. The number of carbonyl (C=O) groups excluding carboxylic acids is 5. The lowest BCUT2D eigenvalue weighted by atomic mass is 10.1. The van der Waals surface area contributed by atoms with Crippen molar-refractivity contribution in [3.8, 4) is 0 Å². The average molecular weight is 480 g/mol. The molecular weight excluding hydrogens is 454 g/mol. The number of nitrogens with two attached hydrogens (primary N) is 1. The number of primary amides is 1. The van der Waals surface area contributed by atoms with Gasteiger partial charge in [0.25, 0.3) is 11.8 Å². The maximum absolute atomic E-state index is 12.5. The highest BCUT2D eigenvalue weighted by Gasteiger charge is 2.27. The number of amides is 2. The predicted molar refractivity (Wildman–Crippen MR) is 119 cm³/mol. The van der Waals surface area contributed by atoms with Crippen molar-refractivity contribution in [1.29, 1.82) is 0 Å². The maximum Gasteiger partial charge on any atom is 0.355 e. The molecule has 0 aliphatic rings. The first-order valence-corrected chi connectivity index (χ1v) is 10.6. The molecule has 2 amide bonds. The molecule has 2 heterocycles. The molecule has 4 N–H and O–H groups in total. The van der Waals surface area contributed by atoms with E-state index in [4.69, 9.17) is 19.9 Å². The number of rotatable bonds is 10. The van der Waals surface area contributed by atoms with Gasteiger partial charge >= 0.3 is 11.9 Å². The number of thiophene rings is 1. The van der Waals surface area contributed by atoms with E-state index in [0.717, 1.165) is 11.3 Å². The number of methoxy groups -OCH3 is 1. The number of H-pyrrole nitrogens is 1. The van der Waals surface area contributed by atoms with Crippen LogP contribution in [0.5, 0.6) is 0 Å². The van der Waals surface area contributed by atoms with E-state index in [1.54, 1.807) is 13.8 Å². The molecule has 0 bridgehead atoms. The highest BCUT2D eigenvalue weighted by Crippen LogP contribution is 2.33. The van der Waals surface area contributed by atoms with E-state index >= 15 is 0 Å².